The van der Waals surface area contributed by atoms with E-state index in [2.05, 4.69) is 0 Å². The highest BCUT2D eigenvalue weighted by molar-refractivity contribution is 6.20. The van der Waals surface area contributed by atoms with Crippen molar-refractivity contribution in [3.8, 4) is 11.5 Å². The van der Waals surface area contributed by atoms with Crippen molar-refractivity contribution in [2.75, 3.05) is 0 Å². The quantitative estimate of drug-likeness (QED) is 0.783. The van der Waals surface area contributed by atoms with Crippen molar-refractivity contribution in [1.29, 1.82) is 0 Å². The Bertz CT molecular complexity index is 536. The average molecular weight is 261 g/mol. The summed E-state index contributed by atoms with van der Waals surface area (Å²) in [6.45, 7) is 3.21. The molecule has 0 heterocycles. The summed E-state index contributed by atoms with van der Waals surface area (Å²) in [5, 5.41) is 0. The van der Waals surface area contributed by atoms with Crippen molar-refractivity contribution in [1.82, 2.24) is 0 Å². The van der Waals surface area contributed by atoms with Crippen molar-refractivity contribution in [2.24, 2.45) is 0 Å². The molecule has 0 atom stereocenters. The van der Waals surface area contributed by atoms with E-state index < -0.39 is 0 Å². The van der Waals surface area contributed by atoms with Crippen molar-refractivity contribution < 1.29 is 18.1 Å². The largest absolute Gasteiger partial charge is 0.658 e. The van der Waals surface area contributed by atoms with E-state index in [9.17, 15) is 8.78 Å². The summed E-state index contributed by atoms with van der Waals surface area (Å²) >= 11 is 0. The van der Waals surface area contributed by atoms with Crippen LogP contribution < -0.4 is 9.31 Å². The normalized spacial score (nSPS) is 10.1. The zero-order chi connectivity index (χ0) is 13.8. The van der Waals surface area contributed by atoms with Crippen LogP contribution in [0.2, 0.25) is 0 Å². The third-order valence-electron chi connectivity index (χ3n) is 2.79. The van der Waals surface area contributed by atoms with Crippen molar-refractivity contribution in [3.63, 3.8) is 0 Å². The van der Waals surface area contributed by atoms with E-state index in [-0.39, 0.29) is 11.6 Å². The molecule has 0 spiro atoms. The summed E-state index contributed by atoms with van der Waals surface area (Å²) in [5.74, 6) is 0.00350. The SMILES string of the molecule is Cc1c(F)cccc1O[B]Oc1cccc(F)c1C. The van der Waals surface area contributed by atoms with Crippen LogP contribution in [-0.4, -0.2) is 7.69 Å². The fourth-order valence-corrected chi connectivity index (χ4v) is 1.56. The van der Waals surface area contributed by atoms with Crippen LogP contribution in [0.25, 0.3) is 0 Å². The van der Waals surface area contributed by atoms with Gasteiger partial charge >= 0.3 is 7.69 Å². The molecule has 0 unspecified atom stereocenters. The fourth-order valence-electron chi connectivity index (χ4n) is 1.56. The van der Waals surface area contributed by atoms with E-state index in [4.69, 9.17) is 9.31 Å². The first kappa shape index (κ1) is 13.4. The topological polar surface area (TPSA) is 18.5 Å². The van der Waals surface area contributed by atoms with E-state index in [0.29, 0.717) is 22.6 Å². The van der Waals surface area contributed by atoms with Gasteiger partial charge in [0, 0.05) is 11.1 Å². The summed E-state index contributed by atoms with van der Waals surface area (Å²) in [5.41, 5.74) is 0.775. The highest BCUT2D eigenvalue weighted by atomic mass is 19.1. The lowest BCUT2D eigenvalue weighted by Crippen LogP contribution is -2.12. The number of hydrogen-bond acceptors (Lipinski definition) is 2. The van der Waals surface area contributed by atoms with Gasteiger partial charge in [0.15, 0.2) is 0 Å². The van der Waals surface area contributed by atoms with E-state index in [1.165, 1.54) is 12.1 Å². The first-order valence-corrected chi connectivity index (χ1v) is 5.75. The van der Waals surface area contributed by atoms with Gasteiger partial charge in [0.2, 0.25) is 0 Å². The predicted octanol–water partition coefficient (Wildman–Crippen LogP) is 3.57. The second kappa shape index (κ2) is 5.74. The smallest absolute Gasteiger partial charge is 0.526 e. The maximum atomic E-state index is 13.3. The van der Waals surface area contributed by atoms with Gasteiger partial charge in [-0.05, 0) is 38.1 Å². The van der Waals surface area contributed by atoms with Crippen LogP contribution in [0.1, 0.15) is 11.1 Å². The molecule has 0 N–H and O–H groups in total. The minimum Gasteiger partial charge on any atom is -0.526 e. The molecule has 2 aromatic carbocycles. The Labute approximate surface area is 111 Å². The molecule has 0 bridgehead atoms. The Hall–Kier alpha value is -2.04. The number of rotatable bonds is 4. The lowest BCUT2D eigenvalue weighted by molar-refractivity contribution is 0.448. The maximum absolute atomic E-state index is 13.3. The van der Waals surface area contributed by atoms with Crippen LogP contribution in [0.5, 0.6) is 11.5 Å². The molecular weight excluding hydrogens is 249 g/mol. The summed E-state index contributed by atoms with van der Waals surface area (Å²) in [4.78, 5) is 0. The lowest BCUT2D eigenvalue weighted by Gasteiger charge is -2.11. The molecule has 19 heavy (non-hydrogen) atoms. The highest BCUT2D eigenvalue weighted by Crippen LogP contribution is 2.22. The molecule has 1 radical (unpaired) electrons. The van der Waals surface area contributed by atoms with Crippen molar-refractivity contribution >= 4 is 7.69 Å². The molecular formula is C14H12BF2O2. The van der Waals surface area contributed by atoms with Gasteiger partial charge in [-0.25, -0.2) is 8.78 Å². The molecule has 0 aliphatic rings. The first-order chi connectivity index (χ1) is 9.09. The fraction of sp³-hybridized carbons (Fsp3) is 0.143. The molecule has 97 valence electrons. The second-order valence-electron chi connectivity index (χ2n) is 4.06. The number of hydrogen-bond donors (Lipinski definition) is 0. The minimum atomic E-state index is -0.354. The second-order valence-corrected chi connectivity index (χ2v) is 4.06. The highest BCUT2D eigenvalue weighted by Gasteiger charge is 2.09. The van der Waals surface area contributed by atoms with Crippen molar-refractivity contribution in [2.45, 2.75) is 13.8 Å². The zero-order valence-electron chi connectivity index (χ0n) is 10.6. The molecule has 0 saturated carbocycles. The Kier molecular flexibility index (Phi) is 4.05. The van der Waals surface area contributed by atoms with Crippen LogP contribution in [0, 0.1) is 25.5 Å². The van der Waals surface area contributed by atoms with Crippen molar-refractivity contribution in [3.05, 3.63) is 59.2 Å². The molecule has 0 fully saturated rings. The maximum Gasteiger partial charge on any atom is 0.658 e. The van der Waals surface area contributed by atoms with Gasteiger partial charge in [-0.15, -0.1) is 0 Å². The van der Waals surface area contributed by atoms with Crippen LogP contribution in [0.15, 0.2) is 36.4 Å². The van der Waals surface area contributed by atoms with Crippen LogP contribution in [0.3, 0.4) is 0 Å². The third-order valence-corrected chi connectivity index (χ3v) is 2.79. The molecule has 0 aliphatic heterocycles. The van der Waals surface area contributed by atoms with Crippen LogP contribution in [-0.2, 0) is 0 Å². The van der Waals surface area contributed by atoms with Crippen LogP contribution >= 0.6 is 0 Å². The Morgan fingerprint density at radius 1 is 0.789 bits per heavy atom. The van der Waals surface area contributed by atoms with Gasteiger partial charge in [-0.3, -0.25) is 0 Å². The summed E-state index contributed by atoms with van der Waals surface area (Å²) in [6.07, 6.45) is 0. The number of benzene rings is 2. The van der Waals surface area contributed by atoms with E-state index in [1.54, 1.807) is 38.1 Å². The molecule has 5 heteroatoms. The Morgan fingerprint density at radius 3 is 1.63 bits per heavy atom. The molecule has 0 amide bonds. The summed E-state index contributed by atoms with van der Waals surface area (Å²) < 4.78 is 36.9. The monoisotopic (exact) mass is 261 g/mol. The molecule has 0 aliphatic carbocycles. The van der Waals surface area contributed by atoms with E-state index in [0.717, 1.165) is 7.69 Å². The lowest BCUT2D eigenvalue weighted by atomic mass is 10.2. The van der Waals surface area contributed by atoms with Gasteiger partial charge in [-0.2, -0.15) is 0 Å². The Balaban J connectivity index is 2.00. The van der Waals surface area contributed by atoms with Gasteiger partial charge in [-0.1, -0.05) is 12.1 Å². The minimum absolute atomic E-state index is 0.354. The molecule has 0 aromatic heterocycles. The van der Waals surface area contributed by atoms with Gasteiger partial charge in [0.1, 0.15) is 23.1 Å². The van der Waals surface area contributed by atoms with E-state index >= 15 is 0 Å². The van der Waals surface area contributed by atoms with E-state index in [1.807, 2.05) is 0 Å². The van der Waals surface area contributed by atoms with Gasteiger partial charge < -0.3 is 9.31 Å². The third kappa shape index (κ3) is 3.05. The molecule has 2 rings (SSSR count). The summed E-state index contributed by atoms with van der Waals surface area (Å²) in [6, 6.07) is 9.02. The molecule has 2 nitrogen and oxygen atoms in total. The van der Waals surface area contributed by atoms with Gasteiger partial charge in [0.05, 0.1) is 0 Å². The molecule has 0 saturated heterocycles. The average Bonchev–Trinajstić information content (AvgIpc) is 2.39. The summed E-state index contributed by atoms with van der Waals surface area (Å²) in [7, 11) is 1.06. The molecule has 2 aromatic rings. The van der Waals surface area contributed by atoms with Gasteiger partial charge in [0.25, 0.3) is 0 Å². The standard InChI is InChI=1S/C14H12BF2O2/c1-9-11(16)5-3-7-13(9)18-15-19-14-8-4-6-12(17)10(14)2/h3-8H,1-2H3. The zero-order valence-corrected chi connectivity index (χ0v) is 10.6. The first-order valence-electron chi connectivity index (χ1n) is 5.75. The Morgan fingerprint density at radius 2 is 1.21 bits per heavy atom. The van der Waals surface area contributed by atoms with Crippen LogP contribution in [0.4, 0.5) is 8.78 Å². The number of halogens is 2. The predicted molar refractivity (Wildman–Crippen MR) is 69.3 cm³/mol.